The van der Waals surface area contributed by atoms with E-state index in [1.165, 1.54) is 11.8 Å². The number of halogens is 3. The highest BCUT2D eigenvalue weighted by atomic mass is 79.9. The van der Waals surface area contributed by atoms with Crippen LogP contribution in [-0.2, 0) is 25.7 Å². The number of benzene rings is 2. The normalized spacial score (nSPS) is 12.6. The highest BCUT2D eigenvalue weighted by molar-refractivity contribution is 9.09. The minimum Gasteiger partial charge on any atom is -0.480 e. The fourth-order valence-electron chi connectivity index (χ4n) is 5.41. The van der Waals surface area contributed by atoms with Crippen LogP contribution in [0.4, 0.5) is 8.78 Å². The first-order valence-electron chi connectivity index (χ1n) is 15.9. The molecule has 3 aromatic rings. The second kappa shape index (κ2) is 18.9. The van der Waals surface area contributed by atoms with Crippen molar-refractivity contribution in [2.75, 3.05) is 36.5 Å². The third kappa shape index (κ3) is 12.0. The van der Waals surface area contributed by atoms with Crippen molar-refractivity contribution in [2.45, 2.75) is 52.2 Å². The molecule has 0 aliphatic rings. The number of aromatic nitrogens is 1. The number of carboxylic acids is 1. The molecule has 0 saturated heterocycles. The van der Waals surface area contributed by atoms with Gasteiger partial charge in [0.2, 0.25) is 17.7 Å². The maximum atomic E-state index is 15.0. The van der Waals surface area contributed by atoms with Gasteiger partial charge < -0.3 is 30.9 Å². The number of rotatable bonds is 18. The predicted molar refractivity (Wildman–Crippen MR) is 191 cm³/mol. The molecule has 49 heavy (non-hydrogen) atoms. The number of thioether (sulfide) groups is 1. The van der Waals surface area contributed by atoms with Gasteiger partial charge in [0.15, 0.2) is 0 Å². The van der Waals surface area contributed by atoms with E-state index < -0.39 is 46.9 Å². The Morgan fingerprint density at radius 2 is 1.78 bits per heavy atom. The Balaban J connectivity index is 1.86. The van der Waals surface area contributed by atoms with E-state index in [1.807, 2.05) is 61.7 Å². The minimum atomic E-state index is -1.29. The van der Waals surface area contributed by atoms with Gasteiger partial charge in [-0.15, -0.1) is 0 Å². The molecule has 266 valence electrons. The van der Waals surface area contributed by atoms with Crippen LogP contribution in [0.5, 0.6) is 0 Å². The molecule has 3 rings (SSSR count). The van der Waals surface area contributed by atoms with Crippen LogP contribution in [-0.4, -0.2) is 80.8 Å². The molecule has 1 heterocycles. The summed E-state index contributed by atoms with van der Waals surface area (Å²) in [5.74, 6) is -3.25. The summed E-state index contributed by atoms with van der Waals surface area (Å²) in [5.41, 5.74) is 7.72. The minimum absolute atomic E-state index is 0.00188. The molecule has 5 N–H and O–H groups in total. The average Bonchev–Trinajstić information content (AvgIpc) is 3.45. The van der Waals surface area contributed by atoms with Gasteiger partial charge in [-0.05, 0) is 48.2 Å². The second-order valence-electron chi connectivity index (χ2n) is 12.6. The van der Waals surface area contributed by atoms with Crippen molar-refractivity contribution >= 4 is 51.4 Å². The molecule has 0 radical (unpaired) electrons. The first-order valence-corrected chi connectivity index (χ1v) is 18.1. The fourth-order valence-corrected chi connectivity index (χ4v) is 6.42. The molecular weight excluding hydrogens is 720 g/mol. The van der Waals surface area contributed by atoms with Gasteiger partial charge in [0.25, 0.3) is 0 Å². The van der Waals surface area contributed by atoms with E-state index in [9.17, 15) is 28.7 Å². The number of carbonyl (C=O) groups excluding carboxylic acids is 3. The average molecular weight is 765 g/mol. The molecule has 0 aliphatic heterocycles. The van der Waals surface area contributed by atoms with Crippen LogP contribution < -0.4 is 16.4 Å². The molecular formula is C35H44BrF2N5O5S. The number of amides is 3. The Labute approximate surface area is 298 Å². The zero-order valence-corrected chi connectivity index (χ0v) is 30.3. The topological polar surface area (TPSA) is 147 Å². The van der Waals surface area contributed by atoms with Gasteiger partial charge in [-0.25, -0.2) is 13.6 Å². The Bertz CT molecular complexity index is 1580. The van der Waals surface area contributed by atoms with Crippen LogP contribution in [0, 0.1) is 17.0 Å². The molecule has 2 unspecified atom stereocenters. The number of hydrogen-bond donors (Lipinski definition) is 4. The summed E-state index contributed by atoms with van der Waals surface area (Å²) in [6.45, 7) is 6.90. The Hall–Kier alpha value is -3.75. The van der Waals surface area contributed by atoms with E-state index in [2.05, 4.69) is 26.6 Å². The lowest BCUT2D eigenvalue weighted by molar-refractivity contribution is -0.141. The van der Waals surface area contributed by atoms with Gasteiger partial charge in [-0.3, -0.25) is 14.4 Å². The molecule has 3 amide bonds. The molecule has 2 atom stereocenters. The summed E-state index contributed by atoms with van der Waals surface area (Å²) in [6.07, 6.45) is 2.27. The summed E-state index contributed by atoms with van der Waals surface area (Å²) in [4.78, 5) is 51.3. The van der Waals surface area contributed by atoms with E-state index in [0.29, 0.717) is 31.6 Å². The van der Waals surface area contributed by atoms with Gasteiger partial charge in [0.05, 0.1) is 17.1 Å². The first-order chi connectivity index (χ1) is 23.2. The molecule has 0 aliphatic carbocycles. The first kappa shape index (κ1) is 39.7. The Kier molecular flexibility index (Phi) is 15.3. The SMILES string of the molecule is CC(C)(C)C(c1cc(-c2cc(F)ccc2F)cn1Cc1ccccc1)N(CCCN)C(=O)CSCCC(=O)NC(CNC(=O)CBr)C(=O)O. The van der Waals surface area contributed by atoms with Crippen molar-refractivity contribution < 1.29 is 33.1 Å². The highest BCUT2D eigenvalue weighted by Gasteiger charge is 2.37. The third-order valence-corrected chi connectivity index (χ3v) is 9.11. The number of carbonyl (C=O) groups is 4. The number of alkyl halides is 1. The van der Waals surface area contributed by atoms with E-state index in [-0.39, 0.29) is 41.3 Å². The summed E-state index contributed by atoms with van der Waals surface area (Å²) in [7, 11) is 0. The van der Waals surface area contributed by atoms with Gasteiger partial charge in [0.1, 0.15) is 17.7 Å². The van der Waals surface area contributed by atoms with Crippen molar-refractivity contribution in [3.05, 3.63) is 83.7 Å². The summed E-state index contributed by atoms with van der Waals surface area (Å²) < 4.78 is 31.3. The van der Waals surface area contributed by atoms with E-state index in [0.717, 1.165) is 29.5 Å². The second-order valence-corrected chi connectivity index (χ2v) is 14.3. The highest BCUT2D eigenvalue weighted by Crippen LogP contribution is 2.41. The lowest BCUT2D eigenvalue weighted by atomic mass is 9.83. The smallest absolute Gasteiger partial charge is 0.328 e. The van der Waals surface area contributed by atoms with Crippen LogP contribution in [0.25, 0.3) is 11.1 Å². The number of aliphatic carboxylic acids is 1. The molecule has 0 spiro atoms. The van der Waals surface area contributed by atoms with Crippen LogP contribution in [0.3, 0.4) is 0 Å². The van der Waals surface area contributed by atoms with Crippen LogP contribution >= 0.6 is 27.7 Å². The maximum Gasteiger partial charge on any atom is 0.328 e. The van der Waals surface area contributed by atoms with Gasteiger partial charge in [-0.1, -0.05) is 67.0 Å². The van der Waals surface area contributed by atoms with Gasteiger partial charge in [-0.2, -0.15) is 11.8 Å². The largest absolute Gasteiger partial charge is 0.480 e. The molecule has 14 heteroatoms. The van der Waals surface area contributed by atoms with Crippen molar-refractivity contribution in [3.8, 4) is 11.1 Å². The lowest BCUT2D eigenvalue weighted by Gasteiger charge is -2.41. The third-order valence-electron chi connectivity index (χ3n) is 7.66. The van der Waals surface area contributed by atoms with Crippen LogP contribution in [0.15, 0.2) is 60.8 Å². The standard InChI is InChI=1S/C35H44BrF2N5O5S/c1-35(2,3)33(29-16-24(26-17-25(37)10-11-27(26)38)21-42(29)20-23-8-5-4-6-9-23)43(14-7-13-39)32(46)22-49-15-12-30(44)41-28(34(47)48)19-40-31(45)18-36/h4-6,8-11,16-17,21,28,33H,7,12-15,18-20,22,39H2,1-3H3,(H,40,45)(H,41,44)(H,47,48). The van der Waals surface area contributed by atoms with Gasteiger partial charge in [0, 0.05) is 54.8 Å². The summed E-state index contributed by atoms with van der Waals surface area (Å²) >= 11 is 4.22. The number of carboxylic acid groups (broad SMARTS) is 1. The van der Waals surface area contributed by atoms with Gasteiger partial charge >= 0.3 is 5.97 Å². The van der Waals surface area contributed by atoms with E-state index in [1.54, 1.807) is 11.1 Å². The van der Waals surface area contributed by atoms with Crippen molar-refractivity contribution in [2.24, 2.45) is 11.1 Å². The Morgan fingerprint density at radius 1 is 1.06 bits per heavy atom. The quantitative estimate of drug-likeness (QED) is 0.106. The van der Waals surface area contributed by atoms with Crippen molar-refractivity contribution in [1.29, 1.82) is 0 Å². The molecule has 2 aromatic carbocycles. The zero-order chi connectivity index (χ0) is 36.1. The van der Waals surface area contributed by atoms with E-state index >= 15 is 4.39 Å². The van der Waals surface area contributed by atoms with Crippen molar-refractivity contribution in [1.82, 2.24) is 20.1 Å². The maximum absolute atomic E-state index is 15.0. The number of hydrogen-bond acceptors (Lipinski definition) is 6. The van der Waals surface area contributed by atoms with E-state index in [4.69, 9.17) is 5.73 Å². The number of nitrogens with one attached hydrogen (secondary N) is 2. The van der Waals surface area contributed by atoms with Crippen LogP contribution in [0.2, 0.25) is 0 Å². The van der Waals surface area contributed by atoms with Crippen molar-refractivity contribution in [3.63, 3.8) is 0 Å². The lowest BCUT2D eigenvalue weighted by Crippen LogP contribution is -2.48. The summed E-state index contributed by atoms with van der Waals surface area (Å²) in [6, 6.07) is 13.1. The molecule has 0 saturated carbocycles. The predicted octanol–water partition coefficient (Wildman–Crippen LogP) is 4.95. The fraction of sp³-hybridized carbons (Fsp3) is 0.429. The van der Waals surface area contributed by atoms with Crippen LogP contribution in [0.1, 0.15) is 50.9 Å². The Morgan fingerprint density at radius 3 is 2.41 bits per heavy atom. The molecule has 10 nitrogen and oxygen atoms in total. The molecule has 0 bridgehead atoms. The number of nitrogens with zero attached hydrogens (tertiary/aromatic N) is 2. The zero-order valence-electron chi connectivity index (χ0n) is 27.9. The monoisotopic (exact) mass is 763 g/mol. The molecule has 0 fully saturated rings. The number of nitrogens with two attached hydrogens (primary N) is 1. The molecule has 1 aromatic heterocycles. The summed E-state index contributed by atoms with van der Waals surface area (Å²) in [5, 5.41) is 14.2.